The van der Waals surface area contributed by atoms with Crippen molar-refractivity contribution in [3.63, 3.8) is 0 Å². The van der Waals surface area contributed by atoms with Gasteiger partial charge in [0, 0.05) is 25.7 Å². The lowest BCUT2D eigenvalue weighted by Gasteiger charge is -2.21. The molecule has 0 saturated carbocycles. The zero-order valence-electron chi connectivity index (χ0n) is 66.2. The first-order valence-electron chi connectivity index (χ1n) is 42.5. The number of carbonyl (C=O) groups is 4. The van der Waals surface area contributed by atoms with Gasteiger partial charge >= 0.3 is 39.5 Å². The van der Waals surface area contributed by atoms with E-state index in [2.05, 4.69) is 41.5 Å². The second-order valence-corrected chi connectivity index (χ2v) is 33.1. The zero-order chi connectivity index (χ0) is 74.2. The van der Waals surface area contributed by atoms with Crippen molar-refractivity contribution in [3.05, 3.63) is 0 Å². The molecule has 101 heavy (non-hydrogen) atoms. The van der Waals surface area contributed by atoms with Crippen molar-refractivity contribution in [1.29, 1.82) is 0 Å². The lowest BCUT2D eigenvalue weighted by molar-refractivity contribution is -0.161. The van der Waals surface area contributed by atoms with E-state index in [9.17, 15) is 43.2 Å². The number of aliphatic hydroxyl groups is 1. The molecule has 0 aromatic carbocycles. The highest BCUT2D eigenvalue weighted by atomic mass is 31.2. The van der Waals surface area contributed by atoms with Crippen LogP contribution in [0.15, 0.2) is 0 Å². The molecule has 0 amide bonds. The highest BCUT2D eigenvalue weighted by molar-refractivity contribution is 7.47. The zero-order valence-corrected chi connectivity index (χ0v) is 68.0. The lowest BCUT2D eigenvalue weighted by atomic mass is 9.99. The second kappa shape index (κ2) is 73.6. The van der Waals surface area contributed by atoms with Gasteiger partial charge in [0.05, 0.1) is 26.4 Å². The van der Waals surface area contributed by atoms with Gasteiger partial charge < -0.3 is 33.8 Å². The Morgan fingerprint density at radius 3 is 0.752 bits per heavy atom. The number of rotatable bonds is 81. The van der Waals surface area contributed by atoms with Crippen molar-refractivity contribution < 1.29 is 80.2 Å². The molecule has 0 rings (SSSR count). The van der Waals surface area contributed by atoms with Gasteiger partial charge in [-0.25, -0.2) is 9.13 Å². The molecule has 600 valence electrons. The average molecular weight is 1480 g/mol. The summed E-state index contributed by atoms with van der Waals surface area (Å²) in [7, 11) is -9.92. The van der Waals surface area contributed by atoms with E-state index in [0.29, 0.717) is 25.7 Å². The van der Waals surface area contributed by atoms with Crippen molar-refractivity contribution >= 4 is 39.5 Å². The lowest BCUT2D eigenvalue weighted by Crippen LogP contribution is -2.30. The average Bonchev–Trinajstić information content (AvgIpc) is 1.03. The Morgan fingerprint density at radius 2 is 0.505 bits per heavy atom. The summed E-state index contributed by atoms with van der Waals surface area (Å²) in [6, 6.07) is 0. The van der Waals surface area contributed by atoms with Crippen LogP contribution in [0.2, 0.25) is 0 Å². The maximum absolute atomic E-state index is 13.1. The minimum absolute atomic E-state index is 0.107. The number of unbranched alkanes of at least 4 members (excludes halogenated alkanes) is 50. The maximum Gasteiger partial charge on any atom is 0.472 e. The van der Waals surface area contributed by atoms with Crippen LogP contribution >= 0.6 is 15.6 Å². The van der Waals surface area contributed by atoms with E-state index in [-0.39, 0.29) is 25.7 Å². The summed E-state index contributed by atoms with van der Waals surface area (Å²) < 4.78 is 68.8. The maximum atomic E-state index is 13.1. The van der Waals surface area contributed by atoms with Crippen LogP contribution in [-0.4, -0.2) is 96.7 Å². The fraction of sp³-hybridized carbons (Fsp3) is 0.951. The Labute approximate surface area is 619 Å². The number of esters is 4. The monoisotopic (exact) mass is 1480 g/mol. The Balaban J connectivity index is 5.26. The van der Waals surface area contributed by atoms with E-state index >= 15 is 0 Å². The molecule has 0 saturated heterocycles. The van der Waals surface area contributed by atoms with Gasteiger partial charge in [0.15, 0.2) is 12.2 Å². The molecule has 3 unspecified atom stereocenters. The fourth-order valence-electron chi connectivity index (χ4n) is 12.7. The van der Waals surface area contributed by atoms with Crippen molar-refractivity contribution in [3.8, 4) is 0 Å². The molecule has 19 heteroatoms. The van der Waals surface area contributed by atoms with Gasteiger partial charge in [0.2, 0.25) is 0 Å². The summed E-state index contributed by atoms with van der Waals surface area (Å²) in [5, 5.41) is 10.7. The summed E-state index contributed by atoms with van der Waals surface area (Å²) in [6.07, 6.45) is 63.6. The highest BCUT2D eigenvalue weighted by Gasteiger charge is 2.30. The molecule has 0 heterocycles. The Morgan fingerprint density at radius 1 is 0.287 bits per heavy atom. The number of hydrogen-bond donors (Lipinski definition) is 3. The summed E-state index contributed by atoms with van der Waals surface area (Å²) in [4.78, 5) is 73.1. The van der Waals surface area contributed by atoms with Crippen molar-refractivity contribution in [1.82, 2.24) is 0 Å². The summed E-state index contributed by atoms with van der Waals surface area (Å²) in [5.74, 6) is -0.493. The first-order chi connectivity index (χ1) is 48.9. The number of hydrogen-bond acceptors (Lipinski definition) is 15. The van der Waals surface area contributed by atoms with Gasteiger partial charge in [0.25, 0.3) is 0 Å². The van der Waals surface area contributed by atoms with Crippen molar-refractivity contribution in [2.24, 2.45) is 11.8 Å². The predicted octanol–water partition coefficient (Wildman–Crippen LogP) is 24.7. The van der Waals surface area contributed by atoms with E-state index in [0.717, 1.165) is 102 Å². The van der Waals surface area contributed by atoms with Gasteiger partial charge in [-0.2, -0.15) is 0 Å². The first kappa shape index (κ1) is 99.1. The number of aliphatic hydroxyl groups excluding tert-OH is 1. The van der Waals surface area contributed by atoms with Crippen LogP contribution in [0.5, 0.6) is 0 Å². The first-order valence-corrected chi connectivity index (χ1v) is 45.5. The van der Waals surface area contributed by atoms with E-state index in [4.69, 9.17) is 37.0 Å². The Bertz CT molecular complexity index is 1940. The molecule has 0 radical (unpaired) electrons. The van der Waals surface area contributed by atoms with E-state index < -0.39 is 97.5 Å². The van der Waals surface area contributed by atoms with Crippen molar-refractivity contribution in [2.45, 2.75) is 452 Å². The molecular weight excluding hydrogens is 1320 g/mol. The standard InChI is InChI=1S/C82H160O17P2/c1-7-10-12-14-16-18-20-22-23-27-30-34-41-47-53-59-65-80(85)93-70-77(98-81(86)66-60-54-48-42-35-31-28-25-24-26-29-32-38-44-50-56-62-74(4)5)72-96-100(88,89)94-68-76(83)69-95-101(90,91)97-73-78(71-92-79(84)64-58-52-46-40-33-21-19-17-15-13-11-8-2)99-82(87)67-61-55-49-43-37-36-39-45-51-57-63-75(6)9-3/h74-78,83H,7-73H2,1-6H3,(H,88,89)(H,90,91)/t75?,76-,77-,78-/m1/s1. The fourth-order valence-corrected chi connectivity index (χ4v) is 14.3. The molecular formula is C82H160O17P2. The van der Waals surface area contributed by atoms with Crippen LogP contribution in [-0.2, 0) is 65.4 Å². The Kier molecular flexibility index (Phi) is 72.2. The Hall–Kier alpha value is -1.94. The molecule has 0 fully saturated rings. The van der Waals surface area contributed by atoms with Crippen molar-refractivity contribution in [2.75, 3.05) is 39.6 Å². The summed E-state index contributed by atoms with van der Waals surface area (Å²) in [6.45, 7) is 9.70. The molecule has 0 aliphatic carbocycles. The van der Waals surface area contributed by atoms with E-state index in [1.807, 2.05) is 0 Å². The molecule has 0 aromatic heterocycles. The number of phosphoric ester groups is 2. The van der Waals surface area contributed by atoms with Gasteiger partial charge in [-0.1, -0.05) is 382 Å². The third kappa shape index (κ3) is 74.7. The van der Waals surface area contributed by atoms with E-state index in [1.54, 1.807) is 0 Å². The summed E-state index contributed by atoms with van der Waals surface area (Å²) >= 11 is 0. The molecule has 3 N–H and O–H groups in total. The van der Waals surface area contributed by atoms with Gasteiger partial charge in [-0.05, 0) is 37.5 Å². The van der Waals surface area contributed by atoms with Gasteiger partial charge in [-0.3, -0.25) is 37.3 Å². The molecule has 0 spiro atoms. The highest BCUT2D eigenvalue weighted by Crippen LogP contribution is 2.45. The van der Waals surface area contributed by atoms with Crippen LogP contribution in [0.3, 0.4) is 0 Å². The minimum atomic E-state index is -4.96. The smallest absolute Gasteiger partial charge is 0.462 e. The minimum Gasteiger partial charge on any atom is -0.462 e. The number of phosphoric acid groups is 2. The molecule has 17 nitrogen and oxygen atoms in total. The normalized spacial score (nSPS) is 14.2. The molecule has 0 aliphatic rings. The molecule has 0 aliphatic heterocycles. The molecule has 0 bridgehead atoms. The van der Waals surface area contributed by atoms with Crippen LogP contribution in [0, 0.1) is 11.8 Å². The van der Waals surface area contributed by atoms with Crippen LogP contribution < -0.4 is 0 Å². The largest absolute Gasteiger partial charge is 0.472 e. The molecule has 0 aromatic rings. The third-order valence-electron chi connectivity index (χ3n) is 19.6. The SMILES string of the molecule is CCCCCCCCCCCCCCCCCCC(=O)OC[C@H](COP(=O)(O)OC[C@@H](O)COP(=O)(O)OC[C@@H](COC(=O)CCCCCCCCCCCCCC)OC(=O)CCCCCCCCCCCCC(C)CC)OC(=O)CCCCCCCCCCCCCCCCCCC(C)C. The predicted molar refractivity (Wildman–Crippen MR) is 414 cm³/mol. The summed E-state index contributed by atoms with van der Waals surface area (Å²) in [5.41, 5.74) is 0. The van der Waals surface area contributed by atoms with Crippen LogP contribution in [0.1, 0.15) is 433 Å². The number of carbonyl (C=O) groups excluding carboxylic acids is 4. The quantitative estimate of drug-likeness (QED) is 0.0222. The third-order valence-corrected chi connectivity index (χ3v) is 21.5. The van der Waals surface area contributed by atoms with E-state index in [1.165, 1.54) is 250 Å². The molecule has 6 atom stereocenters. The second-order valence-electron chi connectivity index (χ2n) is 30.2. The van der Waals surface area contributed by atoms with Crippen LogP contribution in [0.25, 0.3) is 0 Å². The van der Waals surface area contributed by atoms with Gasteiger partial charge in [0.1, 0.15) is 19.3 Å². The topological polar surface area (TPSA) is 237 Å². The van der Waals surface area contributed by atoms with Crippen LogP contribution in [0.4, 0.5) is 0 Å². The van der Waals surface area contributed by atoms with Gasteiger partial charge in [-0.15, -0.1) is 0 Å². The number of ether oxygens (including phenoxy) is 4.